The van der Waals surface area contributed by atoms with Gasteiger partial charge in [0.1, 0.15) is 5.75 Å². The van der Waals surface area contributed by atoms with Crippen molar-refractivity contribution in [2.75, 3.05) is 7.11 Å². The van der Waals surface area contributed by atoms with Crippen molar-refractivity contribution in [1.29, 1.82) is 0 Å². The SMILES string of the molecule is COC(=O)C(F)C(=O)c1cccc(O)c1. The number of aromatic hydroxyl groups is 1. The molecule has 1 aromatic rings. The van der Waals surface area contributed by atoms with E-state index in [1.54, 1.807) is 0 Å². The van der Waals surface area contributed by atoms with Crippen LogP contribution in [0.5, 0.6) is 5.75 Å². The number of Topliss-reactive ketones (excluding diaryl/α,β-unsaturated/α-hetero) is 1. The summed E-state index contributed by atoms with van der Waals surface area (Å²) in [4.78, 5) is 22.0. The molecule has 0 fully saturated rings. The summed E-state index contributed by atoms with van der Waals surface area (Å²) >= 11 is 0. The van der Waals surface area contributed by atoms with Crippen molar-refractivity contribution in [3.05, 3.63) is 29.8 Å². The van der Waals surface area contributed by atoms with Crippen LogP contribution in [-0.2, 0) is 9.53 Å². The number of alkyl halides is 1. The van der Waals surface area contributed by atoms with Crippen molar-refractivity contribution >= 4 is 11.8 Å². The van der Waals surface area contributed by atoms with Crippen LogP contribution in [0, 0.1) is 0 Å². The number of ether oxygens (including phenoxy) is 1. The molecule has 80 valence electrons. The molecule has 1 N–H and O–H groups in total. The number of methoxy groups -OCH3 is 1. The normalized spacial score (nSPS) is 11.9. The molecule has 0 aliphatic rings. The van der Waals surface area contributed by atoms with E-state index in [0.29, 0.717) is 0 Å². The van der Waals surface area contributed by atoms with E-state index in [0.717, 1.165) is 13.2 Å². The quantitative estimate of drug-likeness (QED) is 0.462. The Kier molecular flexibility index (Phi) is 3.38. The van der Waals surface area contributed by atoms with Gasteiger partial charge in [-0.3, -0.25) is 4.79 Å². The minimum absolute atomic E-state index is 0.0760. The van der Waals surface area contributed by atoms with Gasteiger partial charge in [-0.05, 0) is 12.1 Å². The predicted molar refractivity (Wildman–Crippen MR) is 49.3 cm³/mol. The molecule has 0 heterocycles. The van der Waals surface area contributed by atoms with E-state index in [2.05, 4.69) is 4.74 Å². The predicted octanol–water partition coefficient (Wildman–Crippen LogP) is 1.09. The van der Waals surface area contributed by atoms with Crippen molar-refractivity contribution in [2.45, 2.75) is 6.17 Å². The molecular weight excluding hydrogens is 203 g/mol. The van der Waals surface area contributed by atoms with Crippen LogP contribution in [0.15, 0.2) is 24.3 Å². The number of rotatable bonds is 3. The Bertz CT molecular complexity index is 389. The molecule has 1 atom stereocenters. The molecule has 0 saturated carbocycles. The van der Waals surface area contributed by atoms with Crippen molar-refractivity contribution in [3.63, 3.8) is 0 Å². The van der Waals surface area contributed by atoms with Crippen molar-refractivity contribution in [3.8, 4) is 5.75 Å². The second-order valence-electron chi connectivity index (χ2n) is 2.80. The number of phenolic OH excluding ortho intramolecular Hbond substituents is 1. The lowest BCUT2D eigenvalue weighted by molar-refractivity contribution is -0.144. The Morgan fingerprint density at radius 3 is 2.67 bits per heavy atom. The summed E-state index contributed by atoms with van der Waals surface area (Å²) in [6.07, 6.45) is -2.35. The summed E-state index contributed by atoms with van der Waals surface area (Å²) in [5.41, 5.74) is -0.0760. The third-order valence-corrected chi connectivity index (χ3v) is 1.77. The smallest absolute Gasteiger partial charge is 0.348 e. The Balaban J connectivity index is 2.90. The molecule has 4 nitrogen and oxygen atoms in total. The van der Waals surface area contributed by atoms with Gasteiger partial charge in [0.15, 0.2) is 0 Å². The lowest BCUT2D eigenvalue weighted by atomic mass is 10.1. The van der Waals surface area contributed by atoms with E-state index in [1.165, 1.54) is 18.2 Å². The van der Waals surface area contributed by atoms with Gasteiger partial charge in [-0.25, -0.2) is 9.18 Å². The van der Waals surface area contributed by atoms with E-state index >= 15 is 0 Å². The molecule has 0 radical (unpaired) electrons. The number of esters is 1. The average Bonchev–Trinajstić information content (AvgIpc) is 2.26. The summed E-state index contributed by atoms with van der Waals surface area (Å²) in [6, 6.07) is 5.10. The molecule has 1 rings (SSSR count). The van der Waals surface area contributed by atoms with Crippen LogP contribution in [0.2, 0.25) is 0 Å². The minimum Gasteiger partial charge on any atom is -0.508 e. The van der Waals surface area contributed by atoms with Gasteiger partial charge in [-0.1, -0.05) is 12.1 Å². The van der Waals surface area contributed by atoms with Gasteiger partial charge >= 0.3 is 5.97 Å². The van der Waals surface area contributed by atoms with Gasteiger partial charge < -0.3 is 9.84 Å². The summed E-state index contributed by atoms with van der Waals surface area (Å²) in [5, 5.41) is 9.05. The lowest BCUT2D eigenvalue weighted by Crippen LogP contribution is -2.26. The molecule has 0 amide bonds. The summed E-state index contributed by atoms with van der Waals surface area (Å²) in [7, 11) is 0.991. The number of hydrogen-bond acceptors (Lipinski definition) is 4. The topological polar surface area (TPSA) is 63.6 Å². The number of phenols is 1. The van der Waals surface area contributed by atoms with Gasteiger partial charge in [0.2, 0.25) is 5.78 Å². The molecule has 0 saturated heterocycles. The Labute approximate surface area is 85.3 Å². The number of benzene rings is 1. The first-order chi connectivity index (χ1) is 7.06. The fourth-order valence-electron chi connectivity index (χ4n) is 1.02. The number of ketones is 1. The van der Waals surface area contributed by atoms with Crippen LogP contribution >= 0.6 is 0 Å². The van der Waals surface area contributed by atoms with Gasteiger partial charge in [-0.2, -0.15) is 0 Å². The summed E-state index contributed by atoms with van der Waals surface area (Å²) < 4.78 is 17.2. The molecule has 1 aromatic carbocycles. The van der Waals surface area contributed by atoms with Crippen LogP contribution in [0.3, 0.4) is 0 Å². The number of hydrogen-bond donors (Lipinski definition) is 1. The fourth-order valence-corrected chi connectivity index (χ4v) is 1.02. The first-order valence-electron chi connectivity index (χ1n) is 4.11. The maximum atomic E-state index is 13.1. The highest BCUT2D eigenvalue weighted by molar-refractivity contribution is 6.11. The third-order valence-electron chi connectivity index (χ3n) is 1.77. The second kappa shape index (κ2) is 4.54. The Morgan fingerprint density at radius 2 is 2.13 bits per heavy atom. The van der Waals surface area contributed by atoms with E-state index in [9.17, 15) is 14.0 Å². The molecule has 0 aliphatic heterocycles. The first kappa shape index (κ1) is 11.2. The fraction of sp³-hybridized carbons (Fsp3) is 0.200. The maximum Gasteiger partial charge on any atom is 0.348 e. The van der Waals surface area contributed by atoms with E-state index in [-0.39, 0.29) is 11.3 Å². The first-order valence-corrected chi connectivity index (χ1v) is 4.11. The molecule has 0 aromatic heterocycles. The lowest BCUT2D eigenvalue weighted by Gasteiger charge is -2.05. The molecule has 0 spiro atoms. The molecule has 0 aliphatic carbocycles. The maximum absolute atomic E-state index is 13.1. The second-order valence-corrected chi connectivity index (χ2v) is 2.80. The van der Waals surface area contributed by atoms with Crippen LogP contribution < -0.4 is 0 Å². The van der Waals surface area contributed by atoms with Gasteiger partial charge in [0.05, 0.1) is 7.11 Å². The Hall–Kier alpha value is -1.91. The largest absolute Gasteiger partial charge is 0.508 e. The summed E-state index contributed by atoms with van der Waals surface area (Å²) in [5.74, 6) is -2.45. The highest BCUT2D eigenvalue weighted by Crippen LogP contribution is 2.14. The summed E-state index contributed by atoms with van der Waals surface area (Å²) in [6.45, 7) is 0. The zero-order valence-electron chi connectivity index (χ0n) is 7.94. The van der Waals surface area contributed by atoms with Crippen molar-refractivity contribution in [1.82, 2.24) is 0 Å². The van der Waals surface area contributed by atoms with Crippen molar-refractivity contribution < 1.29 is 23.8 Å². The van der Waals surface area contributed by atoms with E-state index < -0.39 is 17.9 Å². The highest BCUT2D eigenvalue weighted by atomic mass is 19.1. The monoisotopic (exact) mass is 212 g/mol. The zero-order chi connectivity index (χ0) is 11.4. The molecule has 0 bridgehead atoms. The molecule has 15 heavy (non-hydrogen) atoms. The minimum atomic E-state index is -2.35. The van der Waals surface area contributed by atoms with E-state index in [4.69, 9.17) is 5.11 Å². The zero-order valence-corrected chi connectivity index (χ0v) is 7.94. The third kappa shape index (κ3) is 2.52. The Morgan fingerprint density at radius 1 is 1.47 bits per heavy atom. The van der Waals surface area contributed by atoms with Gasteiger partial charge in [0.25, 0.3) is 6.17 Å². The van der Waals surface area contributed by atoms with Crippen LogP contribution in [0.4, 0.5) is 4.39 Å². The molecule has 1 unspecified atom stereocenters. The van der Waals surface area contributed by atoms with Crippen LogP contribution in [0.1, 0.15) is 10.4 Å². The van der Waals surface area contributed by atoms with Crippen LogP contribution in [0.25, 0.3) is 0 Å². The highest BCUT2D eigenvalue weighted by Gasteiger charge is 2.27. The van der Waals surface area contributed by atoms with E-state index in [1.807, 2.05) is 0 Å². The van der Waals surface area contributed by atoms with Crippen LogP contribution in [-0.4, -0.2) is 30.1 Å². The van der Waals surface area contributed by atoms with Crippen molar-refractivity contribution in [2.24, 2.45) is 0 Å². The van der Waals surface area contributed by atoms with Gasteiger partial charge in [-0.15, -0.1) is 0 Å². The number of halogens is 1. The number of carbonyl (C=O) groups excluding carboxylic acids is 2. The van der Waals surface area contributed by atoms with Gasteiger partial charge in [0, 0.05) is 5.56 Å². The number of carbonyl (C=O) groups is 2. The molecular formula is C10H9FO4. The standard InChI is InChI=1S/C10H9FO4/c1-15-10(14)8(11)9(13)6-3-2-4-7(12)5-6/h2-5,8,12H,1H3. The average molecular weight is 212 g/mol. The molecule has 5 heteroatoms.